The van der Waals surface area contributed by atoms with E-state index in [1.54, 1.807) is 7.11 Å². The van der Waals surface area contributed by atoms with Gasteiger partial charge < -0.3 is 14.6 Å². The number of hydrogen-bond donors (Lipinski definition) is 1. The summed E-state index contributed by atoms with van der Waals surface area (Å²) < 4.78 is 10.8. The van der Waals surface area contributed by atoms with Crippen LogP contribution in [0.1, 0.15) is 30.5 Å². The molecule has 0 aliphatic rings. The minimum Gasteiger partial charge on any atom is -0.389 e. The molecule has 0 saturated heterocycles. The minimum absolute atomic E-state index is 0.383. The summed E-state index contributed by atoms with van der Waals surface area (Å²) in [6.07, 6.45) is -0.476. The molecule has 0 saturated carbocycles. The first kappa shape index (κ1) is 20.1. The number of rotatable bonds is 11. The summed E-state index contributed by atoms with van der Waals surface area (Å²) in [4.78, 5) is 2.23. The summed E-state index contributed by atoms with van der Waals surface area (Å²) in [5.41, 5.74) is 3.85. The van der Waals surface area contributed by atoms with Gasteiger partial charge in [0.05, 0.1) is 19.3 Å². The van der Waals surface area contributed by atoms with Crippen molar-refractivity contribution in [2.45, 2.75) is 40.3 Å². The van der Waals surface area contributed by atoms with Gasteiger partial charge in [-0.15, -0.1) is 0 Å². The Kier molecular flexibility index (Phi) is 9.41. The Balaban J connectivity index is 2.59. The van der Waals surface area contributed by atoms with Crippen LogP contribution in [0.5, 0.6) is 0 Å². The number of aryl methyl sites for hydroxylation is 2. The lowest BCUT2D eigenvalue weighted by Gasteiger charge is -2.26. The zero-order chi connectivity index (χ0) is 17.2. The van der Waals surface area contributed by atoms with Gasteiger partial charge in [-0.05, 0) is 30.9 Å². The standard InChI is InChI=1S/C19H33NO3/c1-15(2)13-23-14-19(21)12-20(8-9-22-5)11-18-10-16(3)6-7-17(18)4/h6-7,10,15,19,21H,8-9,11-14H2,1-5H3/t19-/m0/s1. The van der Waals surface area contributed by atoms with Crippen molar-refractivity contribution >= 4 is 0 Å². The topological polar surface area (TPSA) is 41.9 Å². The van der Waals surface area contributed by atoms with Crippen molar-refractivity contribution in [1.82, 2.24) is 4.90 Å². The summed E-state index contributed by atoms with van der Waals surface area (Å²) in [5.74, 6) is 0.488. The Morgan fingerprint density at radius 1 is 1.17 bits per heavy atom. The number of aliphatic hydroxyl groups excluding tert-OH is 1. The number of hydrogen-bond acceptors (Lipinski definition) is 4. The Labute approximate surface area is 141 Å². The number of nitrogens with zero attached hydrogens (tertiary/aromatic N) is 1. The van der Waals surface area contributed by atoms with Crippen molar-refractivity contribution in [3.8, 4) is 0 Å². The van der Waals surface area contributed by atoms with E-state index in [4.69, 9.17) is 9.47 Å². The third-order valence-electron chi connectivity index (χ3n) is 3.74. The van der Waals surface area contributed by atoms with E-state index >= 15 is 0 Å². The molecule has 0 aliphatic carbocycles. The Bertz CT molecular complexity index is 448. The molecule has 0 radical (unpaired) electrons. The second kappa shape index (κ2) is 10.8. The molecule has 0 aliphatic heterocycles. The largest absolute Gasteiger partial charge is 0.389 e. The van der Waals surface area contributed by atoms with E-state index < -0.39 is 6.10 Å². The molecular formula is C19H33NO3. The predicted octanol–water partition coefficient (Wildman–Crippen LogP) is 2.79. The molecule has 0 aromatic heterocycles. The van der Waals surface area contributed by atoms with E-state index in [0.717, 1.165) is 13.1 Å². The SMILES string of the molecule is COCCN(Cc1cc(C)ccc1C)C[C@H](O)COCC(C)C. The highest BCUT2D eigenvalue weighted by molar-refractivity contribution is 5.30. The maximum atomic E-state index is 10.2. The molecule has 0 spiro atoms. The van der Waals surface area contributed by atoms with Crippen molar-refractivity contribution in [3.63, 3.8) is 0 Å². The summed E-state index contributed by atoms with van der Waals surface area (Å²) in [5, 5.41) is 10.2. The van der Waals surface area contributed by atoms with Crippen LogP contribution in [-0.2, 0) is 16.0 Å². The highest BCUT2D eigenvalue weighted by Crippen LogP contribution is 2.13. The zero-order valence-electron chi connectivity index (χ0n) is 15.3. The van der Waals surface area contributed by atoms with Gasteiger partial charge in [0, 0.05) is 33.4 Å². The molecule has 1 rings (SSSR count). The van der Waals surface area contributed by atoms with E-state index in [1.165, 1.54) is 16.7 Å². The van der Waals surface area contributed by atoms with Crippen LogP contribution in [0, 0.1) is 19.8 Å². The van der Waals surface area contributed by atoms with Gasteiger partial charge in [-0.25, -0.2) is 0 Å². The molecular weight excluding hydrogens is 290 g/mol. The number of ether oxygens (including phenoxy) is 2. The zero-order valence-corrected chi connectivity index (χ0v) is 15.3. The van der Waals surface area contributed by atoms with Crippen LogP contribution >= 0.6 is 0 Å². The molecule has 1 aromatic carbocycles. The van der Waals surface area contributed by atoms with Crippen LogP contribution in [0.15, 0.2) is 18.2 Å². The monoisotopic (exact) mass is 323 g/mol. The van der Waals surface area contributed by atoms with Gasteiger partial charge in [0.15, 0.2) is 0 Å². The normalized spacial score (nSPS) is 13.0. The molecule has 4 nitrogen and oxygen atoms in total. The lowest BCUT2D eigenvalue weighted by atomic mass is 10.1. The van der Waals surface area contributed by atoms with Gasteiger partial charge in [-0.2, -0.15) is 0 Å². The summed E-state index contributed by atoms with van der Waals surface area (Å²) >= 11 is 0. The average molecular weight is 323 g/mol. The molecule has 0 bridgehead atoms. The quantitative estimate of drug-likeness (QED) is 0.680. The third-order valence-corrected chi connectivity index (χ3v) is 3.74. The summed E-state index contributed by atoms with van der Waals surface area (Å²) in [6, 6.07) is 6.51. The van der Waals surface area contributed by atoms with Gasteiger partial charge in [-0.1, -0.05) is 37.6 Å². The smallest absolute Gasteiger partial charge is 0.0900 e. The molecule has 1 N–H and O–H groups in total. The molecule has 132 valence electrons. The lowest BCUT2D eigenvalue weighted by molar-refractivity contribution is 0.00333. The first-order valence-electron chi connectivity index (χ1n) is 8.45. The first-order valence-corrected chi connectivity index (χ1v) is 8.45. The third kappa shape index (κ3) is 8.47. The highest BCUT2D eigenvalue weighted by atomic mass is 16.5. The summed E-state index contributed by atoms with van der Waals surface area (Å²) in [7, 11) is 1.71. The van der Waals surface area contributed by atoms with Gasteiger partial charge in [-0.3, -0.25) is 4.90 Å². The second-order valence-corrected chi connectivity index (χ2v) is 6.74. The van der Waals surface area contributed by atoms with Crippen LogP contribution < -0.4 is 0 Å². The lowest BCUT2D eigenvalue weighted by Crippen LogP contribution is -2.37. The van der Waals surface area contributed by atoms with Gasteiger partial charge >= 0.3 is 0 Å². The van der Waals surface area contributed by atoms with Crippen LogP contribution in [0.3, 0.4) is 0 Å². The van der Waals surface area contributed by atoms with Crippen LogP contribution in [0.2, 0.25) is 0 Å². The van der Waals surface area contributed by atoms with E-state index in [-0.39, 0.29) is 0 Å². The molecule has 0 unspecified atom stereocenters. The Morgan fingerprint density at radius 3 is 2.57 bits per heavy atom. The van der Waals surface area contributed by atoms with Crippen LogP contribution in [0.4, 0.5) is 0 Å². The van der Waals surface area contributed by atoms with E-state index in [0.29, 0.717) is 32.3 Å². The number of aliphatic hydroxyl groups is 1. The number of methoxy groups -OCH3 is 1. The molecule has 1 aromatic rings. The van der Waals surface area contributed by atoms with E-state index in [9.17, 15) is 5.11 Å². The van der Waals surface area contributed by atoms with Crippen molar-refractivity contribution in [3.05, 3.63) is 34.9 Å². The maximum absolute atomic E-state index is 10.2. The van der Waals surface area contributed by atoms with Gasteiger partial charge in [0.2, 0.25) is 0 Å². The van der Waals surface area contributed by atoms with Crippen LogP contribution in [0.25, 0.3) is 0 Å². The average Bonchev–Trinajstić information content (AvgIpc) is 2.48. The van der Waals surface area contributed by atoms with Crippen molar-refractivity contribution in [2.75, 3.05) is 40.0 Å². The van der Waals surface area contributed by atoms with Crippen molar-refractivity contribution < 1.29 is 14.6 Å². The molecule has 4 heteroatoms. The minimum atomic E-state index is -0.476. The first-order chi connectivity index (χ1) is 10.9. The Hall–Kier alpha value is -0.940. The summed E-state index contributed by atoms with van der Waals surface area (Å²) in [6.45, 7) is 12.4. The fraction of sp³-hybridized carbons (Fsp3) is 0.684. The molecule has 0 amide bonds. The van der Waals surface area contributed by atoms with E-state index in [1.807, 2.05) is 0 Å². The van der Waals surface area contributed by atoms with Gasteiger partial charge in [0.25, 0.3) is 0 Å². The molecule has 0 heterocycles. The van der Waals surface area contributed by atoms with Crippen molar-refractivity contribution in [2.24, 2.45) is 5.92 Å². The predicted molar refractivity (Wildman–Crippen MR) is 94.7 cm³/mol. The Morgan fingerprint density at radius 2 is 1.91 bits per heavy atom. The second-order valence-electron chi connectivity index (χ2n) is 6.74. The number of benzene rings is 1. The molecule has 23 heavy (non-hydrogen) atoms. The fourth-order valence-electron chi connectivity index (χ4n) is 2.46. The molecule has 1 atom stereocenters. The maximum Gasteiger partial charge on any atom is 0.0900 e. The highest BCUT2D eigenvalue weighted by Gasteiger charge is 2.14. The molecule has 0 fully saturated rings. The van der Waals surface area contributed by atoms with E-state index in [2.05, 4.69) is 50.8 Å². The van der Waals surface area contributed by atoms with Crippen molar-refractivity contribution in [1.29, 1.82) is 0 Å². The van der Waals surface area contributed by atoms with Gasteiger partial charge in [0.1, 0.15) is 0 Å². The van der Waals surface area contributed by atoms with Crippen LogP contribution in [-0.4, -0.2) is 56.1 Å². The fourth-order valence-corrected chi connectivity index (χ4v) is 2.46.